The van der Waals surface area contributed by atoms with E-state index in [9.17, 15) is 19.5 Å². The van der Waals surface area contributed by atoms with Crippen LogP contribution in [0, 0.1) is 5.92 Å². The fraction of sp³-hybridized carbons (Fsp3) is 0.476. The molecule has 29 heavy (non-hydrogen) atoms. The quantitative estimate of drug-likeness (QED) is 0.727. The van der Waals surface area contributed by atoms with Crippen LogP contribution >= 0.6 is 0 Å². The van der Waals surface area contributed by atoms with E-state index in [0.717, 1.165) is 23.7 Å². The number of aromatic nitrogens is 1. The Kier molecular flexibility index (Phi) is 5.53. The summed E-state index contributed by atoms with van der Waals surface area (Å²) in [5.41, 5.74) is 1.45. The predicted octanol–water partition coefficient (Wildman–Crippen LogP) is 0.683. The van der Waals surface area contributed by atoms with E-state index in [1.165, 1.54) is 4.90 Å². The lowest BCUT2D eigenvalue weighted by molar-refractivity contribution is -0.153. The highest BCUT2D eigenvalue weighted by Gasteiger charge is 2.32. The number of piperazine rings is 1. The van der Waals surface area contributed by atoms with Crippen LogP contribution in [-0.4, -0.2) is 88.4 Å². The fourth-order valence-electron chi connectivity index (χ4n) is 4.06. The molecule has 8 heteroatoms. The molecule has 0 bridgehead atoms. The number of hydrogen-bond acceptors (Lipinski definition) is 4. The van der Waals surface area contributed by atoms with Crippen LogP contribution in [0.4, 0.5) is 0 Å². The van der Waals surface area contributed by atoms with Crippen LogP contribution in [-0.2, 0) is 9.59 Å². The average Bonchev–Trinajstić information content (AvgIpc) is 3.22. The van der Waals surface area contributed by atoms with Gasteiger partial charge in [-0.3, -0.25) is 14.4 Å². The van der Waals surface area contributed by atoms with Crippen molar-refractivity contribution in [1.29, 1.82) is 0 Å². The molecule has 0 unspecified atom stereocenters. The summed E-state index contributed by atoms with van der Waals surface area (Å²) in [5, 5.41) is 10.2. The van der Waals surface area contributed by atoms with Gasteiger partial charge < -0.3 is 24.8 Å². The number of rotatable bonds is 2. The standard InChI is InChI=1S/C21H26N4O4/c26-14-15-5-7-23(8-6-15)20(28)21(29)25-11-9-24(10-12-25)19(27)18-13-16-3-1-2-4-17(16)22-18/h1-4,13,15,22,26H,5-12,14H2. The van der Waals surface area contributed by atoms with Crippen molar-refractivity contribution in [1.82, 2.24) is 19.7 Å². The second kappa shape index (κ2) is 8.24. The van der Waals surface area contributed by atoms with Crippen molar-refractivity contribution < 1.29 is 19.5 Å². The zero-order valence-corrected chi connectivity index (χ0v) is 16.3. The molecule has 0 saturated carbocycles. The van der Waals surface area contributed by atoms with E-state index in [1.807, 2.05) is 30.3 Å². The monoisotopic (exact) mass is 398 g/mol. The molecule has 154 valence electrons. The number of H-pyrrole nitrogens is 1. The van der Waals surface area contributed by atoms with E-state index in [2.05, 4.69) is 4.98 Å². The van der Waals surface area contributed by atoms with Crippen molar-refractivity contribution in [2.24, 2.45) is 5.92 Å². The van der Waals surface area contributed by atoms with Crippen molar-refractivity contribution in [3.8, 4) is 0 Å². The van der Waals surface area contributed by atoms with Crippen LogP contribution in [0.3, 0.4) is 0 Å². The number of carbonyl (C=O) groups is 3. The molecule has 2 fully saturated rings. The molecule has 2 aliphatic heterocycles. The summed E-state index contributed by atoms with van der Waals surface area (Å²) in [6.07, 6.45) is 1.45. The Balaban J connectivity index is 1.32. The highest BCUT2D eigenvalue weighted by Crippen LogP contribution is 2.18. The highest BCUT2D eigenvalue weighted by atomic mass is 16.3. The lowest BCUT2D eigenvalue weighted by atomic mass is 9.98. The molecule has 3 amide bonds. The molecule has 0 radical (unpaired) electrons. The van der Waals surface area contributed by atoms with Gasteiger partial charge in [-0.25, -0.2) is 0 Å². The van der Waals surface area contributed by atoms with Crippen LogP contribution in [0.1, 0.15) is 23.3 Å². The fourth-order valence-corrected chi connectivity index (χ4v) is 4.06. The smallest absolute Gasteiger partial charge is 0.312 e. The topological polar surface area (TPSA) is 97.0 Å². The second-order valence-electron chi connectivity index (χ2n) is 7.77. The van der Waals surface area contributed by atoms with Gasteiger partial charge in [0.2, 0.25) is 0 Å². The maximum Gasteiger partial charge on any atom is 0.312 e. The number of hydrogen-bond donors (Lipinski definition) is 2. The molecule has 2 aliphatic rings. The number of piperidine rings is 1. The zero-order valence-electron chi connectivity index (χ0n) is 16.3. The molecule has 2 N–H and O–H groups in total. The van der Waals surface area contributed by atoms with Gasteiger partial charge in [0.15, 0.2) is 0 Å². The van der Waals surface area contributed by atoms with Crippen molar-refractivity contribution in [3.05, 3.63) is 36.0 Å². The number of likely N-dealkylation sites (tertiary alicyclic amines) is 1. The third-order valence-corrected chi connectivity index (χ3v) is 5.96. The van der Waals surface area contributed by atoms with Gasteiger partial charge in [0, 0.05) is 56.8 Å². The van der Waals surface area contributed by atoms with Gasteiger partial charge in [0.1, 0.15) is 5.69 Å². The molecule has 1 aromatic carbocycles. The number of benzene rings is 1. The number of amides is 3. The largest absolute Gasteiger partial charge is 0.396 e. The molecular weight excluding hydrogens is 372 g/mol. The first-order valence-electron chi connectivity index (χ1n) is 10.1. The third kappa shape index (κ3) is 3.98. The molecule has 0 aliphatic carbocycles. The van der Waals surface area contributed by atoms with Crippen LogP contribution in [0.25, 0.3) is 10.9 Å². The minimum Gasteiger partial charge on any atom is -0.396 e. The molecule has 1 aromatic heterocycles. The van der Waals surface area contributed by atoms with E-state index in [4.69, 9.17) is 0 Å². The number of fused-ring (bicyclic) bond motifs is 1. The number of aromatic amines is 1. The lowest BCUT2D eigenvalue weighted by Gasteiger charge is -2.36. The number of carbonyl (C=O) groups excluding carboxylic acids is 3. The van der Waals surface area contributed by atoms with Crippen LogP contribution in [0.5, 0.6) is 0 Å². The second-order valence-corrected chi connectivity index (χ2v) is 7.77. The SMILES string of the molecule is O=C(C(=O)N1CCN(C(=O)c2cc3ccccc3[nH]2)CC1)N1CCC(CO)CC1. The molecule has 2 aromatic rings. The Morgan fingerprint density at radius 2 is 1.48 bits per heavy atom. The third-order valence-electron chi connectivity index (χ3n) is 5.96. The number of para-hydroxylation sites is 1. The molecule has 0 atom stereocenters. The summed E-state index contributed by atoms with van der Waals surface area (Å²) in [7, 11) is 0. The summed E-state index contributed by atoms with van der Waals surface area (Å²) in [4.78, 5) is 45.9. The van der Waals surface area contributed by atoms with Gasteiger partial charge in [-0.05, 0) is 30.9 Å². The molecule has 2 saturated heterocycles. The Bertz CT molecular complexity index is 875. The summed E-state index contributed by atoms with van der Waals surface area (Å²) >= 11 is 0. The minimum atomic E-state index is -0.495. The van der Waals surface area contributed by atoms with E-state index < -0.39 is 11.8 Å². The van der Waals surface area contributed by atoms with Gasteiger partial charge in [-0.1, -0.05) is 18.2 Å². The Hall–Kier alpha value is -2.87. The van der Waals surface area contributed by atoms with Crippen LogP contribution < -0.4 is 0 Å². The summed E-state index contributed by atoms with van der Waals surface area (Å²) in [5.74, 6) is -0.846. The first-order chi connectivity index (χ1) is 14.1. The first kappa shape index (κ1) is 19.4. The normalized spacial score (nSPS) is 18.3. The molecular formula is C21H26N4O4. The van der Waals surface area contributed by atoms with Crippen molar-refractivity contribution in [2.75, 3.05) is 45.9 Å². The van der Waals surface area contributed by atoms with Crippen molar-refractivity contribution in [3.63, 3.8) is 0 Å². The van der Waals surface area contributed by atoms with E-state index in [0.29, 0.717) is 45.0 Å². The summed E-state index contributed by atoms with van der Waals surface area (Å²) < 4.78 is 0. The van der Waals surface area contributed by atoms with Gasteiger partial charge in [-0.15, -0.1) is 0 Å². The van der Waals surface area contributed by atoms with Crippen molar-refractivity contribution in [2.45, 2.75) is 12.8 Å². The van der Waals surface area contributed by atoms with Crippen LogP contribution in [0.2, 0.25) is 0 Å². The Morgan fingerprint density at radius 1 is 0.897 bits per heavy atom. The number of nitrogens with one attached hydrogen (secondary N) is 1. The van der Waals surface area contributed by atoms with E-state index in [-0.39, 0.29) is 18.4 Å². The van der Waals surface area contributed by atoms with Gasteiger partial charge >= 0.3 is 11.8 Å². The van der Waals surface area contributed by atoms with Crippen molar-refractivity contribution >= 4 is 28.6 Å². The molecule has 0 spiro atoms. The maximum atomic E-state index is 12.8. The zero-order chi connectivity index (χ0) is 20.4. The van der Waals surface area contributed by atoms with Gasteiger partial charge in [0.05, 0.1) is 0 Å². The number of aliphatic hydroxyl groups is 1. The van der Waals surface area contributed by atoms with E-state index in [1.54, 1.807) is 9.80 Å². The molecule has 3 heterocycles. The molecule has 8 nitrogen and oxygen atoms in total. The lowest BCUT2D eigenvalue weighted by Crippen LogP contribution is -2.55. The average molecular weight is 398 g/mol. The molecule has 4 rings (SSSR count). The maximum absolute atomic E-state index is 12.8. The minimum absolute atomic E-state index is 0.0919. The Morgan fingerprint density at radius 3 is 2.10 bits per heavy atom. The van der Waals surface area contributed by atoms with E-state index >= 15 is 0 Å². The predicted molar refractivity (Wildman–Crippen MR) is 107 cm³/mol. The summed E-state index contributed by atoms with van der Waals surface area (Å²) in [6, 6.07) is 9.57. The highest BCUT2D eigenvalue weighted by molar-refractivity contribution is 6.34. The Labute approximate surface area is 169 Å². The van der Waals surface area contributed by atoms with Crippen LogP contribution in [0.15, 0.2) is 30.3 Å². The number of aliphatic hydroxyl groups excluding tert-OH is 1. The number of nitrogens with zero attached hydrogens (tertiary/aromatic N) is 3. The van der Waals surface area contributed by atoms with Gasteiger partial charge in [-0.2, -0.15) is 0 Å². The summed E-state index contributed by atoms with van der Waals surface area (Å²) in [6.45, 7) is 2.65. The first-order valence-corrected chi connectivity index (χ1v) is 10.1. The van der Waals surface area contributed by atoms with Gasteiger partial charge in [0.25, 0.3) is 5.91 Å².